The van der Waals surface area contributed by atoms with Crippen molar-refractivity contribution in [3.63, 3.8) is 0 Å². The van der Waals surface area contributed by atoms with Crippen molar-refractivity contribution in [2.45, 2.75) is 13.5 Å². The Morgan fingerprint density at radius 3 is 2.84 bits per heavy atom. The van der Waals surface area contributed by atoms with Crippen LogP contribution in [0, 0.1) is 12.7 Å². The predicted octanol–water partition coefficient (Wildman–Crippen LogP) is 2.88. The number of carbonyl (C=O) groups excluding carboxylic acids is 1. The molecule has 0 unspecified atom stereocenters. The molecule has 0 aliphatic heterocycles. The number of rotatable bonds is 3. The van der Waals surface area contributed by atoms with Gasteiger partial charge in [-0.05, 0) is 19.1 Å². The summed E-state index contributed by atoms with van der Waals surface area (Å²) in [6.07, 6.45) is 1.42. The molecule has 0 amide bonds. The molecule has 4 nitrogen and oxygen atoms in total. The monoisotopic (exact) mass is 282 g/mol. The maximum absolute atomic E-state index is 13.5. The van der Waals surface area contributed by atoms with E-state index in [1.54, 1.807) is 24.7 Å². The van der Waals surface area contributed by atoms with Gasteiger partial charge in [0.05, 0.1) is 11.2 Å². The molecule has 100 valence electrons. The first-order valence-electron chi connectivity index (χ1n) is 5.59. The Morgan fingerprint density at radius 2 is 2.26 bits per heavy atom. The SMILES string of the molecule is Cc1c(C(=O)OCc2c(F)cccc2Cl)cnn1C. The summed E-state index contributed by atoms with van der Waals surface area (Å²) in [6.45, 7) is 1.54. The van der Waals surface area contributed by atoms with Crippen molar-refractivity contribution >= 4 is 17.6 Å². The molecule has 0 bridgehead atoms. The topological polar surface area (TPSA) is 44.1 Å². The zero-order valence-corrected chi connectivity index (χ0v) is 11.2. The third-order valence-electron chi connectivity index (χ3n) is 2.86. The summed E-state index contributed by atoms with van der Waals surface area (Å²) in [5.74, 6) is -1.05. The van der Waals surface area contributed by atoms with Gasteiger partial charge in [-0.3, -0.25) is 4.68 Å². The van der Waals surface area contributed by atoms with E-state index in [-0.39, 0.29) is 17.2 Å². The molecular formula is C13H12ClFN2O2. The van der Waals surface area contributed by atoms with E-state index in [0.29, 0.717) is 11.3 Å². The molecule has 1 heterocycles. The highest BCUT2D eigenvalue weighted by Crippen LogP contribution is 2.20. The highest BCUT2D eigenvalue weighted by Gasteiger charge is 2.16. The highest BCUT2D eigenvalue weighted by atomic mass is 35.5. The van der Waals surface area contributed by atoms with Crippen molar-refractivity contribution in [3.05, 3.63) is 52.1 Å². The van der Waals surface area contributed by atoms with E-state index in [1.165, 1.54) is 18.3 Å². The first-order valence-corrected chi connectivity index (χ1v) is 5.97. The van der Waals surface area contributed by atoms with Crippen molar-refractivity contribution in [2.24, 2.45) is 7.05 Å². The molecule has 19 heavy (non-hydrogen) atoms. The predicted molar refractivity (Wildman–Crippen MR) is 68.5 cm³/mol. The Labute approximate surface area is 114 Å². The summed E-state index contributed by atoms with van der Waals surface area (Å²) in [5, 5.41) is 4.18. The molecule has 1 aromatic heterocycles. The third-order valence-corrected chi connectivity index (χ3v) is 3.22. The number of carbonyl (C=O) groups is 1. The van der Waals surface area contributed by atoms with Crippen molar-refractivity contribution in [3.8, 4) is 0 Å². The summed E-state index contributed by atoms with van der Waals surface area (Å²) in [4.78, 5) is 11.8. The van der Waals surface area contributed by atoms with Gasteiger partial charge in [0, 0.05) is 18.3 Å². The number of aromatic nitrogens is 2. The van der Waals surface area contributed by atoms with Gasteiger partial charge < -0.3 is 4.74 Å². The lowest BCUT2D eigenvalue weighted by Gasteiger charge is -2.07. The number of benzene rings is 1. The number of aryl methyl sites for hydroxylation is 1. The van der Waals surface area contributed by atoms with Gasteiger partial charge in [-0.15, -0.1) is 0 Å². The number of nitrogens with zero attached hydrogens (tertiary/aromatic N) is 2. The van der Waals surface area contributed by atoms with E-state index in [1.807, 2.05) is 0 Å². The van der Waals surface area contributed by atoms with Crippen LogP contribution < -0.4 is 0 Å². The molecule has 0 saturated carbocycles. The fourth-order valence-electron chi connectivity index (χ4n) is 1.58. The maximum Gasteiger partial charge on any atom is 0.341 e. The lowest BCUT2D eigenvalue weighted by atomic mass is 10.2. The average Bonchev–Trinajstić information content (AvgIpc) is 2.69. The van der Waals surface area contributed by atoms with E-state index < -0.39 is 11.8 Å². The number of ether oxygens (including phenoxy) is 1. The van der Waals surface area contributed by atoms with Crippen LogP contribution in [0.3, 0.4) is 0 Å². The molecular weight excluding hydrogens is 271 g/mol. The number of halogens is 2. The molecule has 0 aliphatic rings. The molecule has 0 saturated heterocycles. The average molecular weight is 283 g/mol. The van der Waals surface area contributed by atoms with Crippen LogP contribution in [0.2, 0.25) is 5.02 Å². The summed E-state index contributed by atoms with van der Waals surface area (Å²) < 4.78 is 20.1. The number of hydrogen-bond acceptors (Lipinski definition) is 3. The van der Waals surface area contributed by atoms with Crippen LogP contribution in [0.15, 0.2) is 24.4 Å². The molecule has 6 heteroatoms. The van der Waals surface area contributed by atoms with Crippen molar-refractivity contribution in [2.75, 3.05) is 0 Å². The molecule has 2 aromatic rings. The Kier molecular flexibility index (Phi) is 3.85. The first-order chi connectivity index (χ1) is 9.00. The van der Waals surface area contributed by atoms with Crippen LogP contribution in [0.4, 0.5) is 4.39 Å². The summed E-state index contributed by atoms with van der Waals surface area (Å²) in [7, 11) is 1.72. The maximum atomic E-state index is 13.5. The second-order valence-electron chi connectivity index (χ2n) is 4.04. The fourth-order valence-corrected chi connectivity index (χ4v) is 1.80. The molecule has 0 N–H and O–H groups in total. The van der Waals surface area contributed by atoms with Gasteiger partial charge in [0.15, 0.2) is 0 Å². The smallest absolute Gasteiger partial charge is 0.341 e. The Balaban J connectivity index is 2.11. The molecule has 0 radical (unpaired) electrons. The second kappa shape index (κ2) is 5.40. The van der Waals surface area contributed by atoms with E-state index in [9.17, 15) is 9.18 Å². The Hall–Kier alpha value is -1.88. The standard InChI is InChI=1S/C13H12ClFN2O2/c1-8-9(6-16-17(8)2)13(18)19-7-10-11(14)4-3-5-12(10)15/h3-6H,7H2,1-2H3. The summed E-state index contributed by atoms with van der Waals surface area (Å²) in [6, 6.07) is 4.31. The third kappa shape index (κ3) is 2.76. The minimum atomic E-state index is -0.551. The minimum Gasteiger partial charge on any atom is -0.457 e. The van der Waals surface area contributed by atoms with E-state index in [0.717, 1.165) is 0 Å². The molecule has 0 fully saturated rings. The second-order valence-corrected chi connectivity index (χ2v) is 4.45. The highest BCUT2D eigenvalue weighted by molar-refractivity contribution is 6.31. The Bertz CT molecular complexity index is 605. The summed E-state index contributed by atoms with van der Waals surface area (Å²) >= 11 is 5.85. The zero-order chi connectivity index (χ0) is 14.0. The quantitative estimate of drug-likeness (QED) is 0.813. The fraction of sp³-hybridized carbons (Fsp3) is 0.231. The van der Waals surface area contributed by atoms with Gasteiger partial charge in [-0.1, -0.05) is 17.7 Å². The van der Waals surface area contributed by atoms with Crippen LogP contribution in [0.1, 0.15) is 21.6 Å². The van der Waals surface area contributed by atoms with Gasteiger partial charge in [-0.25, -0.2) is 9.18 Å². The number of esters is 1. The zero-order valence-electron chi connectivity index (χ0n) is 10.5. The van der Waals surface area contributed by atoms with Crippen molar-refractivity contribution < 1.29 is 13.9 Å². The van der Waals surface area contributed by atoms with Gasteiger partial charge in [0.25, 0.3) is 0 Å². The summed E-state index contributed by atoms with van der Waals surface area (Å²) in [5.41, 5.74) is 1.21. The van der Waals surface area contributed by atoms with Gasteiger partial charge in [0.1, 0.15) is 18.0 Å². The van der Waals surface area contributed by atoms with Gasteiger partial charge in [-0.2, -0.15) is 5.10 Å². The van der Waals surface area contributed by atoms with Gasteiger partial charge >= 0.3 is 5.97 Å². The first kappa shape index (κ1) is 13.5. The van der Waals surface area contributed by atoms with Crippen molar-refractivity contribution in [1.82, 2.24) is 9.78 Å². The molecule has 1 aromatic carbocycles. The minimum absolute atomic E-state index is 0.166. The van der Waals surface area contributed by atoms with Gasteiger partial charge in [0.2, 0.25) is 0 Å². The van der Waals surface area contributed by atoms with Crippen LogP contribution in [0.25, 0.3) is 0 Å². The normalized spacial score (nSPS) is 10.5. The van der Waals surface area contributed by atoms with Crippen LogP contribution >= 0.6 is 11.6 Å². The van der Waals surface area contributed by atoms with E-state index >= 15 is 0 Å². The van der Waals surface area contributed by atoms with Crippen LogP contribution in [-0.2, 0) is 18.4 Å². The largest absolute Gasteiger partial charge is 0.457 e. The molecule has 0 atom stereocenters. The Morgan fingerprint density at radius 1 is 1.53 bits per heavy atom. The lowest BCUT2D eigenvalue weighted by Crippen LogP contribution is -2.08. The van der Waals surface area contributed by atoms with E-state index in [2.05, 4.69) is 5.10 Å². The van der Waals surface area contributed by atoms with Crippen LogP contribution in [0.5, 0.6) is 0 Å². The lowest BCUT2D eigenvalue weighted by molar-refractivity contribution is 0.0468. The number of hydrogen-bond donors (Lipinski definition) is 0. The molecule has 0 aliphatic carbocycles. The van der Waals surface area contributed by atoms with Crippen molar-refractivity contribution in [1.29, 1.82) is 0 Å². The molecule has 0 spiro atoms. The van der Waals surface area contributed by atoms with E-state index in [4.69, 9.17) is 16.3 Å². The molecule has 2 rings (SSSR count). The van der Waals surface area contributed by atoms with Crippen LogP contribution in [-0.4, -0.2) is 15.7 Å².